The number of fused-ring (bicyclic) bond motifs is 1. The summed E-state index contributed by atoms with van der Waals surface area (Å²) >= 11 is 1.73. The van der Waals surface area contributed by atoms with Crippen LogP contribution >= 0.6 is 11.8 Å². The number of aromatic amines is 2. The third kappa shape index (κ3) is 5.42. The summed E-state index contributed by atoms with van der Waals surface area (Å²) in [4.78, 5) is 31.2. The first-order valence-corrected chi connectivity index (χ1v) is 15.2. The Balaban J connectivity index is 1.32. The number of hydrogen-bond donors (Lipinski definition) is 2. The van der Waals surface area contributed by atoms with E-state index in [9.17, 15) is 4.79 Å². The van der Waals surface area contributed by atoms with E-state index in [1.165, 1.54) is 5.56 Å². The number of H-pyrrole nitrogens is 2. The number of likely N-dealkylation sites (tertiary alicyclic amines) is 1. The molecule has 3 unspecified atom stereocenters. The van der Waals surface area contributed by atoms with Gasteiger partial charge in [0.25, 0.3) is 0 Å². The minimum absolute atomic E-state index is 0.0163. The highest BCUT2D eigenvalue weighted by atomic mass is 32.2. The van der Waals surface area contributed by atoms with Crippen LogP contribution in [0.3, 0.4) is 0 Å². The molecule has 2 N–H and O–H groups in total. The summed E-state index contributed by atoms with van der Waals surface area (Å²) in [6.07, 6.45) is 12.8. The lowest BCUT2D eigenvalue weighted by molar-refractivity contribution is -0.139. The number of aromatic nitrogens is 4. The van der Waals surface area contributed by atoms with Crippen molar-refractivity contribution in [2.75, 3.05) is 12.8 Å². The molecule has 1 fully saturated rings. The van der Waals surface area contributed by atoms with Crippen LogP contribution in [0.1, 0.15) is 57.5 Å². The third-order valence-electron chi connectivity index (χ3n) is 8.47. The highest BCUT2D eigenvalue weighted by molar-refractivity contribution is 7.99. The molecule has 0 aliphatic carbocycles. The van der Waals surface area contributed by atoms with Gasteiger partial charge < -0.3 is 14.9 Å². The van der Waals surface area contributed by atoms with Crippen LogP contribution in [0, 0.1) is 17.8 Å². The maximum atomic E-state index is 13.7. The Morgan fingerprint density at radius 1 is 1.15 bits per heavy atom. The van der Waals surface area contributed by atoms with Gasteiger partial charge in [-0.1, -0.05) is 70.2 Å². The van der Waals surface area contributed by atoms with Crippen LogP contribution in [0.5, 0.6) is 0 Å². The highest BCUT2D eigenvalue weighted by Crippen LogP contribution is 2.47. The molecule has 0 saturated carbocycles. The molecule has 2 aromatic heterocycles. The van der Waals surface area contributed by atoms with E-state index in [0.717, 1.165) is 59.5 Å². The number of carbonyl (C=O) groups is 1. The fourth-order valence-corrected chi connectivity index (χ4v) is 6.61. The molecule has 3 heterocycles. The van der Waals surface area contributed by atoms with Gasteiger partial charge in [-0.05, 0) is 66.2 Å². The number of nitrogens with zero attached hydrogens (tertiary/aromatic N) is 3. The zero-order valence-electron chi connectivity index (χ0n) is 23.6. The Labute approximate surface area is 235 Å². The number of thioether (sulfide) groups is 1. The number of amides is 1. The molecule has 1 saturated heterocycles. The molecule has 0 spiro atoms. The van der Waals surface area contributed by atoms with Crippen molar-refractivity contribution in [3.05, 3.63) is 78.0 Å². The van der Waals surface area contributed by atoms with Crippen LogP contribution in [0.2, 0.25) is 0 Å². The summed E-state index contributed by atoms with van der Waals surface area (Å²) in [7, 11) is 0. The van der Waals surface area contributed by atoms with Gasteiger partial charge in [0, 0.05) is 12.5 Å². The quantitative estimate of drug-likeness (QED) is 0.233. The van der Waals surface area contributed by atoms with Crippen molar-refractivity contribution in [1.29, 1.82) is 0 Å². The van der Waals surface area contributed by atoms with Crippen LogP contribution in [0.25, 0.3) is 28.4 Å². The van der Waals surface area contributed by atoms with Crippen molar-refractivity contribution >= 4 is 34.8 Å². The van der Waals surface area contributed by atoms with Crippen LogP contribution < -0.4 is 0 Å². The Hall–Kier alpha value is -3.32. The Bertz CT molecular complexity index is 1440. The number of carbonyl (C=O) groups excluding carboxylic acids is 1. The largest absolute Gasteiger partial charge is 0.345 e. The standard InChI is InChI=1S/C32H39N5OS/c1-21(2)22(3)23(4)30(38)37-17-7-16-32(37,39-5)31-35-27-15-12-25(18-28(27)36-31)9-6-8-24-10-13-26(14-11-24)29-19-33-20-34-29/h6,9-15,18-23H,7-8,16-17H2,1-5H3,(H,33,34)(H,35,36)/b9-6+. The number of allylic oxidation sites excluding steroid dienone is 1. The maximum Gasteiger partial charge on any atom is 0.227 e. The van der Waals surface area contributed by atoms with Gasteiger partial charge >= 0.3 is 0 Å². The summed E-state index contributed by atoms with van der Waals surface area (Å²) in [5.74, 6) is 1.91. The van der Waals surface area contributed by atoms with Crippen molar-refractivity contribution in [2.45, 2.75) is 51.8 Å². The van der Waals surface area contributed by atoms with Crippen molar-refractivity contribution in [3.63, 3.8) is 0 Å². The first-order chi connectivity index (χ1) is 18.8. The zero-order chi connectivity index (χ0) is 27.6. The van der Waals surface area contributed by atoms with Crippen LogP contribution in [-0.4, -0.2) is 43.5 Å². The zero-order valence-corrected chi connectivity index (χ0v) is 24.4. The lowest BCUT2D eigenvalue weighted by Crippen LogP contribution is -2.47. The number of hydrogen-bond acceptors (Lipinski definition) is 4. The molecule has 0 radical (unpaired) electrons. The van der Waals surface area contributed by atoms with Gasteiger partial charge in [-0.25, -0.2) is 9.97 Å². The molecule has 4 aromatic rings. The van der Waals surface area contributed by atoms with Gasteiger partial charge in [0.05, 0.1) is 29.3 Å². The lowest BCUT2D eigenvalue weighted by Gasteiger charge is -2.38. The molecule has 5 rings (SSSR count). The minimum atomic E-state index is -0.445. The van der Waals surface area contributed by atoms with Gasteiger partial charge in [-0.2, -0.15) is 0 Å². The van der Waals surface area contributed by atoms with Crippen molar-refractivity contribution in [2.24, 2.45) is 17.8 Å². The van der Waals surface area contributed by atoms with Gasteiger partial charge in [-0.3, -0.25) is 4.79 Å². The van der Waals surface area contributed by atoms with Crippen LogP contribution in [-0.2, 0) is 16.1 Å². The van der Waals surface area contributed by atoms with E-state index in [4.69, 9.17) is 4.98 Å². The lowest BCUT2D eigenvalue weighted by atomic mass is 9.85. The molecule has 1 amide bonds. The predicted molar refractivity (Wildman–Crippen MR) is 162 cm³/mol. The second-order valence-electron chi connectivity index (χ2n) is 11.1. The number of imidazole rings is 2. The van der Waals surface area contributed by atoms with Gasteiger partial charge in [0.2, 0.25) is 5.91 Å². The average molecular weight is 542 g/mol. The smallest absolute Gasteiger partial charge is 0.227 e. The topological polar surface area (TPSA) is 77.7 Å². The normalized spacial score (nSPS) is 19.4. The summed E-state index contributed by atoms with van der Waals surface area (Å²) < 4.78 is 0. The molecule has 0 bridgehead atoms. The average Bonchev–Trinajstić information content (AvgIpc) is 3.72. The van der Waals surface area contributed by atoms with E-state index in [1.54, 1.807) is 18.1 Å². The Morgan fingerprint density at radius 3 is 2.64 bits per heavy atom. The minimum Gasteiger partial charge on any atom is -0.345 e. The van der Waals surface area contributed by atoms with E-state index >= 15 is 0 Å². The second-order valence-corrected chi connectivity index (χ2v) is 12.2. The van der Waals surface area contributed by atoms with Crippen LogP contribution in [0.15, 0.2) is 61.1 Å². The first-order valence-electron chi connectivity index (χ1n) is 13.9. The van der Waals surface area contributed by atoms with Crippen LogP contribution in [0.4, 0.5) is 0 Å². The Kier molecular flexibility index (Phi) is 7.98. The van der Waals surface area contributed by atoms with E-state index in [0.29, 0.717) is 11.8 Å². The maximum absolute atomic E-state index is 13.7. The summed E-state index contributed by atoms with van der Waals surface area (Å²) in [5, 5.41) is 0. The summed E-state index contributed by atoms with van der Waals surface area (Å²) in [6.45, 7) is 9.45. The monoisotopic (exact) mass is 541 g/mol. The molecular weight excluding hydrogens is 502 g/mol. The molecule has 39 heavy (non-hydrogen) atoms. The predicted octanol–water partition coefficient (Wildman–Crippen LogP) is 7.28. The van der Waals surface area contributed by atoms with E-state index in [-0.39, 0.29) is 11.8 Å². The number of nitrogens with one attached hydrogen (secondary N) is 2. The van der Waals surface area contributed by atoms with E-state index in [1.807, 2.05) is 6.20 Å². The van der Waals surface area contributed by atoms with Gasteiger partial charge in [-0.15, -0.1) is 11.8 Å². The second kappa shape index (κ2) is 11.4. The molecule has 1 aliphatic heterocycles. The number of rotatable bonds is 9. The third-order valence-corrected chi connectivity index (χ3v) is 9.76. The van der Waals surface area contributed by atoms with Gasteiger partial charge in [0.1, 0.15) is 10.7 Å². The SMILES string of the molecule is CSC1(c2nc3ccc(/C=C/Cc4ccc(-c5cnc[nH]5)cc4)cc3[nH]2)CCCN1C(=O)C(C)C(C)C(C)C. The fraction of sp³-hybridized carbons (Fsp3) is 0.406. The molecule has 2 aromatic carbocycles. The molecule has 3 atom stereocenters. The molecule has 204 valence electrons. The molecular formula is C32H39N5OS. The van der Waals surface area contributed by atoms with Crippen molar-refractivity contribution in [1.82, 2.24) is 24.8 Å². The molecule has 6 nitrogen and oxygen atoms in total. The first kappa shape index (κ1) is 27.3. The molecule has 1 aliphatic rings. The van der Waals surface area contributed by atoms with E-state index < -0.39 is 4.87 Å². The highest BCUT2D eigenvalue weighted by Gasteiger charge is 2.48. The summed E-state index contributed by atoms with van der Waals surface area (Å²) in [5.41, 5.74) is 6.49. The molecule has 7 heteroatoms. The summed E-state index contributed by atoms with van der Waals surface area (Å²) in [6, 6.07) is 14.9. The van der Waals surface area contributed by atoms with Crippen molar-refractivity contribution < 1.29 is 4.79 Å². The fourth-order valence-electron chi connectivity index (χ4n) is 5.56. The Morgan fingerprint density at radius 2 is 1.95 bits per heavy atom. The van der Waals surface area contributed by atoms with E-state index in [2.05, 4.69) is 108 Å². The van der Waals surface area contributed by atoms with Crippen molar-refractivity contribution in [3.8, 4) is 11.3 Å². The number of benzene rings is 2. The van der Waals surface area contributed by atoms with Gasteiger partial charge in [0.15, 0.2) is 0 Å².